The fourth-order valence-electron chi connectivity index (χ4n) is 9.85. The van der Waals surface area contributed by atoms with E-state index in [-0.39, 0.29) is 46.2 Å². The van der Waals surface area contributed by atoms with Crippen LogP contribution in [0.3, 0.4) is 0 Å². The molecule has 334 valence electrons. The highest BCUT2D eigenvalue weighted by atomic mass is 28.4. The van der Waals surface area contributed by atoms with Gasteiger partial charge in [-0.2, -0.15) is 0 Å². The summed E-state index contributed by atoms with van der Waals surface area (Å²) in [5.74, 6) is 0.163. The maximum atomic E-state index is 13.2. The summed E-state index contributed by atoms with van der Waals surface area (Å²) < 4.78 is 14.6. The van der Waals surface area contributed by atoms with Crippen LogP contribution < -0.4 is 42.0 Å². The Labute approximate surface area is 375 Å². The van der Waals surface area contributed by atoms with Gasteiger partial charge in [0.25, 0.3) is 16.6 Å². The lowest BCUT2D eigenvalue weighted by atomic mass is 10.1. The summed E-state index contributed by atoms with van der Waals surface area (Å²) >= 11 is 0. The molecule has 0 bridgehead atoms. The first-order chi connectivity index (χ1) is 29.8. The summed E-state index contributed by atoms with van der Waals surface area (Å²) in [6.45, 7) is 16.5. The zero-order valence-electron chi connectivity index (χ0n) is 38.4. The van der Waals surface area contributed by atoms with Gasteiger partial charge in [0.1, 0.15) is 0 Å². The fourth-order valence-corrected chi connectivity index (χ4v) is 19.2. The van der Waals surface area contributed by atoms with Gasteiger partial charge in [0.2, 0.25) is 11.8 Å². The zero-order chi connectivity index (χ0) is 44.1. The lowest BCUT2D eigenvalue weighted by Gasteiger charge is -2.44. The van der Waals surface area contributed by atoms with E-state index < -0.39 is 16.6 Å². The van der Waals surface area contributed by atoms with Gasteiger partial charge in [0.15, 0.2) is 0 Å². The van der Waals surface area contributed by atoms with Gasteiger partial charge in [-0.15, -0.1) is 0 Å². The SMILES string of the molecule is CC(C)(C)[Si](O[C@H]1CN[C@H](C(=O)NCCCCCCCCCCNC(=O)[C@@H]2C[C@@H](O[Si](c3ccccc3)(c3ccccc3)C(C)(C)C)CN2)C1)(c1ccccc1)c1ccccc1. The molecule has 8 nitrogen and oxygen atoms in total. The van der Waals surface area contributed by atoms with E-state index in [1.165, 1.54) is 46.4 Å². The number of benzene rings is 4. The van der Waals surface area contributed by atoms with E-state index in [9.17, 15) is 9.59 Å². The molecule has 2 aliphatic heterocycles. The van der Waals surface area contributed by atoms with Crippen molar-refractivity contribution in [1.82, 2.24) is 21.3 Å². The Hall–Kier alpha value is -3.91. The average molecular weight is 875 g/mol. The number of nitrogens with one attached hydrogen (secondary N) is 4. The first kappa shape index (κ1) is 47.6. The van der Waals surface area contributed by atoms with Crippen molar-refractivity contribution < 1.29 is 18.4 Å². The molecule has 4 N–H and O–H groups in total. The summed E-state index contributed by atoms with van der Waals surface area (Å²) in [5.41, 5.74) is 0. The Kier molecular flexibility index (Phi) is 17.0. The highest BCUT2D eigenvalue weighted by molar-refractivity contribution is 7.00. The number of carbonyl (C=O) groups excluding carboxylic acids is 2. The highest BCUT2D eigenvalue weighted by Gasteiger charge is 2.53. The summed E-state index contributed by atoms with van der Waals surface area (Å²) in [6.07, 6.45) is 10.2. The molecule has 10 heteroatoms. The molecule has 62 heavy (non-hydrogen) atoms. The molecule has 4 atom stereocenters. The molecular weight excluding hydrogens is 801 g/mol. The van der Waals surface area contributed by atoms with Crippen molar-refractivity contribution >= 4 is 49.2 Å². The topological polar surface area (TPSA) is 101 Å². The molecule has 0 spiro atoms. The Morgan fingerprint density at radius 1 is 0.484 bits per heavy atom. The normalized spacial score (nSPS) is 19.6. The van der Waals surface area contributed by atoms with Gasteiger partial charge in [0, 0.05) is 26.2 Å². The third-order valence-electron chi connectivity index (χ3n) is 13.0. The van der Waals surface area contributed by atoms with E-state index in [1.807, 2.05) is 0 Å². The van der Waals surface area contributed by atoms with Gasteiger partial charge in [-0.25, -0.2) is 0 Å². The largest absolute Gasteiger partial charge is 0.403 e. The van der Waals surface area contributed by atoms with Gasteiger partial charge in [-0.1, -0.05) is 201 Å². The predicted octanol–water partition coefficient (Wildman–Crippen LogP) is 6.95. The molecule has 4 aromatic rings. The van der Waals surface area contributed by atoms with Crippen molar-refractivity contribution in [2.45, 2.75) is 140 Å². The van der Waals surface area contributed by atoms with Crippen LogP contribution in [0.25, 0.3) is 0 Å². The molecule has 2 heterocycles. The summed E-state index contributed by atoms with van der Waals surface area (Å²) in [7, 11) is -5.34. The van der Waals surface area contributed by atoms with Crippen molar-refractivity contribution in [3.05, 3.63) is 121 Å². The molecule has 4 aromatic carbocycles. The maximum absolute atomic E-state index is 13.2. The molecule has 2 saturated heterocycles. The van der Waals surface area contributed by atoms with E-state index in [2.05, 4.69) is 184 Å². The number of hydrogen-bond donors (Lipinski definition) is 4. The predicted molar refractivity (Wildman–Crippen MR) is 261 cm³/mol. The van der Waals surface area contributed by atoms with Crippen LogP contribution in [0, 0.1) is 0 Å². The molecule has 2 amide bonds. The van der Waals surface area contributed by atoms with Crippen LogP contribution in [0.15, 0.2) is 121 Å². The van der Waals surface area contributed by atoms with Crippen molar-refractivity contribution in [3.8, 4) is 0 Å². The van der Waals surface area contributed by atoms with Crippen LogP contribution >= 0.6 is 0 Å². The molecule has 0 saturated carbocycles. The number of rotatable bonds is 21. The average Bonchev–Trinajstić information content (AvgIpc) is 3.95. The Bertz CT molecular complexity index is 1730. The molecule has 0 unspecified atom stereocenters. The smallest absolute Gasteiger partial charge is 0.261 e. The Morgan fingerprint density at radius 2 is 0.758 bits per heavy atom. The van der Waals surface area contributed by atoms with Crippen LogP contribution in [0.4, 0.5) is 0 Å². The monoisotopic (exact) mass is 875 g/mol. The lowest BCUT2D eigenvalue weighted by Crippen LogP contribution is -2.67. The van der Waals surface area contributed by atoms with E-state index in [0.717, 1.165) is 25.7 Å². The second kappa shape index (κ2) is 22.1. The van der Waals surface area contributed by atoms with Crippen LogP contribution in [0.2, 0.25) is 10.1 Å². The molecule has 2 fully saturated rings. The first-order valence-corrected chi connectivity index (χ1v) is 27.3. The molecule has 0 aromatic heterocycles. The summed E-state index contributed by atoms with van der Waals surface area (Å²) in [5, 5.41) is 18.2. The van der Waals surface area contributed by atoms with Crippen molar-refractivity contribution in [2.75, 3.05) is 26.2 Å². The van der Waals surface area contributed by atoms with Gasteiger partial charge >= 0.3 is 0 Å². The van der Waals surface area contributed by atoms with Gasteiger partial charge in [0.05, 0.1) is 24.3 Å². The van der Waals surface area contributed by atoms with Crippen LogP contribution in [0.5, 0.6) is 0 Å². The lowest BCUT2D eigenvalue weighted by molar-refractivity contribution is -0.123. The summed E-state index contributed by atoms with van der Waals surface area (Å²) in [6, 6.07) is 42.4. The second-order valence-electron chi connectivity index (χ2n) is 19.6. The van der Waals surface area contributed by atoms with Crippen molar-refractivity contribution in [1.29, 1.82) is 0 Å². The standard InChI is InChI=1S/C52H74N4O4Si2/c1-51(2,3)61(43-27-17-13-18-28-43,44-29-19-14-20-30-44)59-41-37-47(55-39-41)49(57)53-35-25-11-9-7-8-10-12-26-36-54-50(58)48-38-42(40-56-48)60-62(52(4,5)6,45-31-21-15-22-32-45)46-33-23-16-24-34-46/h13-24,27-34,41-42,47-48,55-56H,7-12,25-26,35-40H2,1-6H3,(H,53,57)(H,54,58)/t41-,42-,47+,48+/m1/s1. The van der Waals surface area contributed by atoms with Crippen LogP contribution in [-0.2, 0) is 18.4 Å². The minimum atomic E-state index is -2.67. The highest BCUT2D eigenvalue weighted by Crippen LogP contribution is 2.39. The third kappa shape index (κ3) is 11.6. The van der Waals surface area contributed by atoms with Crippen LogP contribution in [-0.4, -0.2) is 78.9 Å². The van der Waals surface area contributed by atoms with Crippen molar-refractivity contribution in [2.24, 2.45) is 0 Å². The zero-order valence-corrected chi connectivity index (χ0v) is 40.4. The quantitative estimate of drug-likeness (QED) is 0.0535. The Morgan fingerprint density at radius 3 is 1.03 bits per heavy atom. The maximum Gasteiger partial charge on any atom is 0.261 e. The molecule has 6 rings (SSSR count). The number of amides is 2. The van der Waals surface area contributed by atoms with Crippen molar-refractivity contribution in [3.63, 3.8) is 0 Å². The van der Waals surface area contributed by atoms with Gasteiger partial charge in [-0.05, 0) is 56.5 Å². The molecular formula is C52H74N4O4Si2. The minimum Gasteiger partial charge on any atom is -0.403 e. The number of carbonyl (C=O) groups is 2. The van der Waals surface area contributed by atoms with E-state index in [1.54, 1.807) is 0 Å². The molecule has 0 aliphatic carbocycles. The minimum absolute atomic E-state index is 0.0347. The van der Waals surface area contributed by atoms with E-state index >= 15 is 0 Å². The summed E-state index contributed by atoms with van der Waals surface area (Å²) in [4.78, 5) is 26.4. The first-order valence-electron chi connectivity index (χ1n) is 23.4. The molecule has 0 radical (unpaired) electrons. The fraction of sp³-hybridized carbons (Fsp3) is 0.500. The molecule has 2 aliphatic rings. The number of unbranched alkanes of at least 4 members (excludes halogenated alkanes) is 7. The van der Waals surface area contributed by atoms with Gasteiger partial charge < -0.3 is 30.1 Å². The van der Waals surface area contributed by atoms with E-state index in [4.69, 9.17) is 8.85 Å². The van der Waals surface area contributed by atoms with Gasteiger partial charge in [-0.3, -0.25) is 9.59 Å². The van der Waals surface area contributed by atoms with E-state index in [0.29, 0.717) is 39.0 Å². The van der Waals surface area contributed by atoms with Crippen LogP contribution in [0.1, 0.15) is 106 Å². The Balaban J connectivity index is 0.835. The second-order valence-corrected chi connectivity index (χ2v) is 28.1. The third-order valence-corrected chi connectivity index (χ3v) is 23.2. The number of hydrogen-bond acceptors (Lipinski definition) is 6.